The van der Waals surface area contributed by atoms with Gasteiger partial charge >= 0.3 is 0 Å². The van der Waals surface area contributed by atoms with E-state index in [0.29, 0.717) is 15.8 Å². The minimum absolute atomic E-state index is 0.153. The van der Waals surface area contributed by atoms with E-state index in [-0.39, 0.29) is 12.2 Å². The van der Waals surface area contributed by atoms with Crippen LogP contribution in [0.3, 0.4) is 0 Å². The van der Waals surface area contributed by atoms with Crippen LogP contribution in [0.1, 0.15) is 13.3 Å². The highest BCUT2D eigenvalue weighted by atomic mass is 35.5. The molecule has 1 unspecified atom stereocenters. The maximum absolute atomic E-state index is 10.6. The highest BCUT2D eigenvalue weighted by Gasteiger charge is 2.14. The summed E-state index contributed by atoms with van der Waals surface area (Å²) in [6, 6.07) is 4.93. The van der Waals surface area contributed by atoms with Crippen LogP contribution in [0.15, 0.2) is 18.2 Å². The van der Waals surface area contributed by atoms with Gasteiger partial charge in [0.1, 0.15) is 0 Å². The van der Waals surface area contributed by atoms with Crippen molar-refractivity contribution < 1.29 is 17.7 Å². The molecule has 0 aliphatic heterocycles. The van der Waals surface area contributed by atoms with E-state index < -0.39 is 16.2 Å². The second kappa shape index (κ2) is 5.91. The first kappa shape index (κ1) is 14.6. The van der Waals surface area contributed by atoms with E-state index in [1.54, 1.807) is 25.1 Å². The van der Waals surface area contributed by atoms with Crippen LogP contribution in [0.2, 0.25) is 10.0 Å². The zero-order valence-electron chi connectivity index (χ0n) is 9.06. The molecular formula is C10H12Cl2O4S. The summed E-state index contributed by atoms with van der Waals surface area (Å²) in [5.41, 5.74) is 0. The number of halogens is 2. The van der Waals surface area contributed by atoms with Crippen LogP contribution < -0.4 is 4.74 Å². The van der Waals surface area contributed by atoms with Gasteiger partial charge in [-0.25, -0.2) is 0 Å². The zero-order valence-corrected chi connectivity index (χ0v) is 11.4. The fraction of sp³-hybridized carbons (Fsp3) is 0.400. The molecule has 1 atom stereocenters. The summed E-state index contributed by atoms with van der Waals surface area (Å²) in [4.78, 5) is 0. The number of ether oxygens (including phenoxy) is 1. The van der Waals surface area contributed by atoms with Gasteiger partial charge in [-0.3, -0.25) is 4.55 Å². The van der Waals surface area contributed by atoms with Crippen LogP contribution in [0.4, 0.5) is 0 Å². The van der Waals surface area contributed by atoms with E-state index >= 15 is 0 Å². The minimum Gasteiger partial charge on any atom is -0.488 e. The largest absolute Gasteiger partial charge is 0.488 e. The second-order valence-corrected chi connectivity index (χ2v) is 5.94. The Balaban J connectivity index is 2.65. The molecule has 0 amide bonds. The molecule has 1 aromatic rings. The first-order valence-electron chi connectivity index (χ1n) is 4.85. The molecule has 1 aromatic carbocycles. The van der Waals surface area contributed by atoms with E-state index in [4.69, 9.17) is 32.5 Å². The van der Waals surface area contributed by atoms with E-state index in [0.717, 1.165) is 0 Å². The molecule has 0 aliphatic carbocycles. The Morgan fingerprint density at radius 2 is 1.88 bits per heavy atom. The Bertz CT molecular complexity index is 467. The standard InChI is InChI=1S/C10H12Cl2O4S/c1-7(5-6-17(13,14)15)16-10-8(11)3-2-4-9(10)12/h2-4,7H,5-6H2,1H3,(H,13,14,15). The molecule has 1 N–H and O–H groups in total. The molecule has 0 heterocycles. The van der Waals surface area contributed by atoms with E-state index in [2.05, 4.69) is 0 Å². The molecule has 4 nitrogen and oxygen atoms in total. The van der Waals surface area contributed by atoms with Crippen LogP contribution in [0.25, 0.3) is 0 Å². The van der Waals surface area contributed by atoms with Gasteiger partial charge in [0.15, 0.2) is 5.75 Å². The quantitative estimate of drug-likeness (QED) is 0.849. The highest BCUT2D eigenvalue weighted by Crippen LogP contribution is 2.33. The van der Waals surface area contributed by atoms with Crippen molar-refractivity contribution in [1.29, 1.82) is 0 Å². The average Bonchev–Trinajstić information content (AvgIpc) is 2.20. The van der Waals surface area contributed by atoms with Crippen LogP contribution in [0.5, 0.6) is 5.75 Å². The fourth-order valence-corrected chi connectivity index (χ4v) is 2.29. The lowest BCUT2D eigenvalue weighted by atomic mass is 10.3. The summed E-state index contributed by atoms with van der Waals surface area (Å²) in [7, 11) is -3.98. The van der Waals surface area contributed by atoms with Gasteiger partial charge in [0.25, 0.3) is 10.1 Å². The molecule has 0 spiro atoms. The lowest BCUT2D eigenvalue weighted by Crippen LogP contribution is -2.17. The molecule has 0 bridgehead atoms. The maximum Gasteiger partial charge on any atom is 0.264 e. The van der Waals surface area contributed by atoms with Gasteiger partial charge in [-0.1, -0.05) is 29.3 Å². The summed E-state index contributed by atoms with van der Waals surface area (Å²) < 4.78 is 35.2. The van der Waals surface area contributed by atoms with Crippen LogP contribution >= 0.6 is 23.2 Å². The second-order valence-electron chi connectivity index (χ2n) is 3.55. The number of rotatable bonds is 5. The van der Waals surface area contributed by atoms with Crippen molar-refractivity contribution in [2.75, 3.05) is 5.75 Å². The van der Waals surface area contributed by atoms with E-state index in [9.17, 15) is 8.42 Å². The van der Waals surface area contributed by atoms with Gasteiger partial charge in [0.2, 0.25) is 0 Å². The third kappa shape index (κ3) is 5.12. The molecule has 7 heteroatoms. The third-order valence-corrected chi connectivity index (χ3v) is 3.37. The molecular weight excluding hydrogens is 287 g/mol. The van der Waals surface area contributed by atoms with Gasteiger partial charge in [0, 0.05) is 6.42 Å². The zero-order chi connectivity index (χ0) is 13.1. The minimum atomic E-state index is -3.98. The summed E-state index contributed by atoms with van der Waals surface area (Å²) in [6.45, 7) is 1.67. The predicted molar refractivity (Wildman–Crippen MR) is 67.6 cm³/mol. The normalized spacial score (nSPS) is 13.4. The van der Waals surface area contributed by atoms with Crippen molar-refractivity contribution in [2.24, 2.45) is 0 Å². The molecule has 1 rings (SSSR count). The van der Waals surface area contributed by atoms with E-state index in [1.165, 1.54) is 0 Å². The maximum atomic E-state index is 10.6. The van der Waals surface area contributed by atoms with Crippen LogP contribution in [0, 0.1) is 0 Å². The molecule has 0 saturated heterocycles. The van der Waals surface area contributed by atoms with Crippen molar-refractivity contribution in [2.45, 2.75) is 19.4 Å². The molecule has 17 heavy (non-hydrogen) atoms. The smallest absolute Gasteiger partial charge is 0.264 e. The lowest BCUT2D eigenvalue weighted by Gasteiger charge is -2.16. The van der Waals surface area contributed by atoms with Gasteiger partial charge < -0.3 is 4.74 Å². The Morgan fingerprint density at radius 3 is 2.35 bits per heavy atom. The van der Waals surface area contributed by atoms with Crippen molar-refractivity contribution in [3.05, 3.63) is 28.2 Å². The van der Waals surface area contributed by atoms with Crippen molar-refractivity contribution in [3.63, 3.8) is 0 Å². The predicted octanol–water partition coefficient (Wildman–Crippen LogP) is 3.04. The van der Waals surface area contributed by atoms with Gasteiger partial charge in [-0.15, -0.1) is 0 Å². The number of para-hydroxylation sites is 1. The lowest BCUT2D eigenvalue weighted by molar-refractivity contribution is 0.217. The number of hydrogen-bond acceptors (Lipinski definition) is 3. The topological polar surface area (TPSA) is 63.6 Å². The SMILES string of the molecule is CC(CCS(=O)(=O)O)Oc1c(Cl)cccc1Cl. The van der Waals surface area contributed by atoms with Gasteiger partial charge in [-0.2, -0.15) is 8.42 Å². The summed E-state index contributed by atoms with van der Waals surface area (Å²) >= 11 is 11.8. The molecule has 0 saturated carbocycles. The number of hydrogen-bond donors (Lipinski definition) is 1. The van der Waals surface area contributed by atoms with Crippen molar-refractivity contribution >= 4 is 33.3 Å². The molecule has 0 aliphatic rings. The third-order valence-electron chi connectivity index (χ3n) is 2.02. The van der Waals surface area contributed by atoms with Crippen LogP contribution in [-0.2, 0) is 10.1 Å². The van der Waals surface area contributed by atoms with Crippen molar-refractivity contribution in [1.82, 2.24) is 0 Å². The number of benzene rings is 1. The summed E-state index contributed by atoms with van der Waals surface area (Å²) in [6.07, 6.45) is -0.269. The molecule has 0 radical (unpaired) electrons. The fourth-order valence-electron chi connectivity index (χ4n) is 1.17. The summed E-state index contributed by atoms with van der Waals surface area (Å²) in [5.74, 6) is -0.0466. The molecule has 0 aromatic heterocycles. The van der Waals surface area contributed by atoms with Crippen molar-refractivity contribution in [3.8, 4) is 5.75 Å². The summed E-state index contributed by atoms with van der Waals surface area (Å²) in [5, 5.41) is 0.715. The first-order chi connectivity index (χ1) is 7.79. The monoisotopic (exact) mass is 298 g/mol. The van der Waals surface area contributed by atoms with Gasteiger partial charge in [-0.05, 0) is 19.1 Å². The molecule has 96 valence electrons. The first-order valence-corrected chi connectivity index (χ1v) is 7.22. The van der Waals surface area contributed by atoms with Crippen LogP contribution in [-0.4, -0.2) is 24.8 Å². The van der Waals surface area contributed by atoms with Gasteiger partial charge in [0.05, 0.1) is 21.9 Å². The van der Waals surface area contributed by atoms with E-state index in [1.807, 2.05) is 0 Å². The molecule has 0 fully saturated rings. The Kier molecular flexibility index (Phi) is 5.06. The Hall–Kier alpha value is -0.490. The Labute approximate surface area is 110 Å². The Morgan fingerprint density at radius 1 is 1.35 bits per heavy atom. The highest BCUT2D eigenvalue weighted by molar-refractivity contribution is 7.85. The average molecular weight is 299 g/mol.